The minimum Gasteiger partial charge on any atom is -0.456 e. The Morgan fingerprint density at radius 1 is 0.453 bits per heavy atom. The lowest BCUT2D eigenvalue weighted by atomic mass is 9.65. The highest BCUT2D eigenvalue weighted by atomic mass is 16.5. The second kappa shape index (κ2) is 10.8. The highest BCUT2D eigenvalue weighted by Crippen LogP contribution is 2.63. The SMILES string of the molecule is Cc1ccccc1N(c1ccc2c(c1)C(C)(C)c1ccccc1-2)c1ccc2c(c1)C1(c3ccccc3Oc3c1ccc1ccccc31)c1ccccc1-2. The molecule has 0 aromatic heterocycles. The number of fused-ring (bicyclic) bond motifs is 14. The van der Waals surface area contributed by atoms with E-state index in [1.165, 1.54) is 72.3 Å². The van der Waals surface area contributed by atoms with E-state index in [1.54, 1.807) is 0 Å². The maximum atomic E-state index is 6.92. The number of benzene rings is 8. The third-order valence-electron chi connectivity index (χ3n) is 12.3. The van der Waals surface area contributed by atoms with Crippen molar-refractivity contribution in [1.29, 1.82) is 0 Å². The normalized spacial score (nSPS) is 16.6. The highest BCUT2D eigenvalue weighted by Gasteiger charge is 2.51. The van der Waals surface area contributed by atoms with Crippen LogP contribution >= 0.6 is 0 Å². The molecule has 2 heteroatoms. The number of nitrogens with zero attached hydrogens (tertiary/aromatic N) is 1. The predicted molar refractivity (Wildman–Crippen MR) is 218 cm³/mol. The first-order valence-corrected chi connectivity index (χ1v) is 18.6. The summed E-state index contributed by atoms with van der Waals surface area (Å²) in [4.78, 5) is 2.47. The van der Waals surface area contributed by atoms with Gasteiger partial charge in [-0.25, -0.2) is 0 Å². The van der Waals surface area contributed by atoms with Crippen molar-refractivity contribution in [3.63, 3.8) is 0 Å². The zero-order valence-electron chi connectivity index (χ0n) is 30.0. The number of hydrogen-bond donors (Lipinski definition) is 0. The molecule has 8 aromatic rings. The summed E-state index contributed by atoms with van der Waals surface area (Å²) in [6.45, 7) is 6.94. The molecule has 1 spiro atoms. The molecule has 1 atom stereocenters. The molecule has 1 unspecified atom stereocenters. The Hall–Kier alpha value is -6.38. The Balaban J connectivity index is 1.20. The smallest absolute Gasteiger partial charge is 0.140 e. The minimum atomic E-state index is -0.574. The molecule has 1 aliphatic heterocycles. The van der Waals surface area contributed by atoms with Crippen molar-refractivity contribution in [2.75, 3.05) is 4.90 Å². The summed E-state index contributed by atoms with van der Waals surface area (Å²) in [5.74, 6) is 1.84. The monoisotopic (exact) mass is 679 g/mol. The van der Waals surface area contributed by atoms with E-state index in [-0.39, 0.29) is 5.41 Å². The van der Waals surface area contributed by atoms with Crippen LogP contribution in [0.2, 0.25) is 0 Å². The van der Waals surface area contributed by atoms with E-state index in [4.69, 9.17) is 4.74 Å². The van der Waals surface area contributed by atoms with Gasteiger partial charge in [-0.2, -0.15) is 0 Å². The molecule has 0 amide bonds. The summed E-state index contributed by atoms with van der Waals surface area (Å²) in [5.41, 5.74) is 16.8. The van der Waals surface area contributed by atoms with Crippen molar-refractivity contribution < 1.29 is 4.74 Å². The molecule has 252 valence electrons. The van der Waals surface area contributed by atoms with E-state index in [2.05, 4.69) is 196 Å². The number of anilines is 3. The summed E-state index contributed by atoms with van der Waals surface area (Å²) in [6.07, 6.45) is 0. The first-order chi connectivity index (χ1) is 26.0. The third kappa shape index (κ3) is 3.98. The number of rotatable bonds is 3. The van der Waals surface area contributed by atoms with Gasteiger partial charge in [-0.15, -0.1) is 0 Å². The van der Waals surface area contributed by atoms with E-state index >= 15 is 0 Å². The Morgan fingerprint density at radius 2 is 1.04 bits per heavy atom. The fraction of sp³-hybridized carbons (Fsp3) is 0.0980. The number of ether oxygens (including phenoxy) is 1. The first-order valence-electron chi connectivity index (χ1n) is 18.6. The van der Waals surface area contributed by atoms with E-state index in [1.807, 2.05) is 0 Å². The van der Waals surface area contributed by atoms with Gasteiger partial charge in [0.25, 0.3) is 0 Å². The topological polar surface area (TPSA) is 12.5 Å². The Labute approximate surface area is 310 Å². The van der Waals surface area contributed by atoms with Gasteiger partial charge in [0.15, 0.2) is 0 Å². The summed E-state index contributed by atoms with van der Waals surface area (Å²) in [6, 6.07) is 62.7. The van der Waals surface area contributed by atoms with Crippen LogP contribution in [0, 0.1) is 6.92 Å². The minimum absolute atomic E-state index is 0.110. The summed E-state index contributed by atoms with van der Waals surface area (Å²) >= 11 is 0. The van der Waals surface area contributed by atoms with Crippen molar-refractivity contribution in [2.24, 2.45) is 0 Å². The molecule has 0 bridgehead atoms. The molecule has 0 saturated heterocycles. The van der Waals surface area contributed by atoms with Crippen molar-refractivity contribution in [3.05, 3.63) is 209 Å². The Bertz CT molecular complexity index is 2830. The predicted octanol–water partition coefficient (Wildman–Crippen LogP) is 13.4. The van der Waals surface area contributed by atoms with Gasteiger partial charge in [-0.1, -0.05) is 147 Å². The second-order valence-corrected chi connectivity index (χ2v) is 15.3. The molecule has 53 heavy (non-hydrogen) atoms. The van der Waals surface area contributed by atoms with Gasteiger partial charge in [0.2, 0.25) is 0 Å². The van der Waals surface area contributed by atoms with Gasteiger partial charge in [-0.3, -0.25) is 0 Å². The largest absolute Gasteiger partial charge is 0.456 e. The van der Waals surface area contributed by atoms with Gasteiger partial charge in [0.05, 0.1) is 5.41 Å². The van der Waals surface area contributed by atoms with Crippen LogP contribution in [-0.2, 0) is 10.8 Å². The number of para-hydroxylation sites is 2. The summed E-state index contributed by atoms with van der Waals surface area (Å²) in [7, 11) is 0. The zero-order chi connectivity index (χ0) is 35.5. The van der Waals surface area contributed by atoms with Crippen LogP contribution in [-0.4, -0.2) is 0 Å². The van der Waals surface area contributed by atoms with E-state index in [0.717, 1.165) is 28.3 Å². The molecule has 0 fully saturated rings. The van der Waals surface area contributed by atoms with Gasteiger partial charge in [-0.05, 0) is 98.8 Å². The lowest BCUT2D eigenvalue weighted by Crippen LogP contribution is -2.32. The van der Waals surface area contributed by atoms with Crippen LogP contribution < -0.4 is 9.64 Å². The molecule has 0 radical (unpaired) electrons. The van der Waals surface area contributed by atoms with Gasteiger partial charge in [0, 0.05) is 39.0 Å². The fourth-order valence-electron chi connectivity index (χ4n) is 9.83. The molecule has 2 nitrogen and oxygen atoms in total. The number of aryl methyl sites for hydroxylation is 1. The van der Waals surface area contributed by atoms with E-state index < -0.39 is 5.41 Å². The van der Waals surface area contributed by atoms with Crippen molar-refractivity contribution in [1.82, 2.24) is 0 Å². The van der Waals surface area contributed by atoms with E-state index in [9.17, 15) is 0 Å². The summed E-state index contributed by atoms with van der Waals surface area (Å²) < 4.78 is 6.92. The van der Waals surface area contributed by atoms with Crippen LogP contribution in [0.5, 0.6) is 11.5 Å². The van der Waals surface area contributed by atoms with E-state index in [0.29, 0.717) is 0 Å². The van der Waals surface area contributed by atoms with Gasteiger partial charge >= 0.3 is 0 Å². The van der Waals surface area contributed by atoms with Crippen LogP contribution in [0.15, 0.2) is 170 Å². The molecular weight excluding hydrogens is 643 g/mol. The van der Waals surface area contributed by atoms with Crippen LogP contribution in [0.3, 0.4) is 0 Å². The van der Waals surface area contributed by atoms with Crippen LogP contribution in [0.1, 0.15) is 52.8 Å². The highest BCUT2D eigenvalue weighted by molar-refractivity contribution is 5.97. The maximum absolute atomic E-state index is 6.92. The summed E-state index contributed by atoms with van der Waals surface area (Å²) in [5, 5.41) is 2.30. The molecule has 8 aromatic carbocycles. The van der Waals surface area contributed by atoms with Crippen molar-refractivity contribution in [2.45, 2.75) is 31.6 Å². The lowest BCUT2D eigenvalue weighted by Gasteiger charge is -2.40. The Kier molecular flexibility index (Phi) is 6.18. The average Bonchev–Trinajstić information content (AvgIpc) is 3.61. The molecule has 2 aliphatic carbocycles. The zero-order valence-corrected chi connectivity index (χ0v) is 30.0. The lowest BCUT2D eigenvalue weighted by molar-refractivity contribution is 0.441. The molecule has 1 heterocycles. The van der Waals surface area contributed by atoms with Gasteiger partial charge < -0.3 is 9.64 Å². The molecule has 0 N–H and O–H groups in total. The standard InChI is InChI=1S/C51H37NO/c1-32-14-4-12-22-47(32)52(34-25-27-39-37-17-7-9-19-41(37)50(2,3)45(39)30-34)35-26-28-40-38-18-8-10-20-42(38)51(46(40)31-35)43-21-11-13-23-48(43)53-49-36-16-6-5-15-33(36)24-29-44(49)51/h4-31H,1-3H3. The maximum Gasteiger partial charge on any atom is 0.140 e. The fourth-order valence-corrected chi connectivity index (χ4v) is 9.83. The average molecular weight is 680 g/mol. The number of hydrogen-bond acceptors (Lipinski definition) is 2. The molecular formula is C51H37NO. The van der Waals surface area contributed by atoms with Crippen LogP contribution in [0.25, 0.3) is 33.0 Å². The van der Waals surface area contributed by atoms with Crippen molar-refractivity contribution in [3.8, 4) is 33.8 Å². The molecule has 11 rings (SSSR count). The molecule has 0 saturated carbocycles. The Morgan fingerprint density at radius 3 is 1.83 bits per heavy atom. The first kappa shape index (κ1) is 30.3. The quantitative estimate of drug-likeness (QED) is 0.184. The second-order valence-electron chi connectivity index (χ2n) is 15.3. The van der Waals surface area contributed by atoms with Crippen molar-refractivity contribution >= 4 is 27.8 Å². The third-order valence-corrected chi connectivity index (χ3v) is 12.3. The molecule has 3 aliphatic rings. The van der Waals surface area contributed by atoms with Crippen LogP contribution in [0.4, 0.5) is 17.1 Å². The van der Waals surface area contributed by atoms with Gasteiger partial charge in [0.1, 0.15) is 11.5 Å².